The third-order valence-electron chi connectivity index (χ3n) is 5.24. The molecule has 2 unspecified atom stereocenters. The number of carbonyl (C=O) groups is 2. The monoisotopic (exact) mass is 496 g/mol. The maximum Gasteiger partial charge on any atom is 0.335 e. The first-order chi connectivity index (χ1) is 16.3. The Balaban J connectivity index is 1.82. The standard InChI is InChI=1S/C26H28N2O4S2/c27-17(15-33-19-7-3-1-4-8-19)13-23-21(25(29)30)11-12-22(26(31)32)24(23)14-18(28)16-34-20-9-5-2-6-10-20/h1-12,17-18H,13-16,27-28H2,(H,29,30)(H,31,32). The zero-order valence-corrected chi connectivity index (χ0v) is 20.2. The van der Waals surface area contributed by atoms with Crippen LogP contribution in [0.2, 0.25) is 0 Å². The lowest BCUT2D eigenvalue weighted by atomic mass is 9.88. The van der Waals surface area contributed by atoms with Gasteiger partial charge >= 0.3 is 11.9 Å². The minimum Gasteiger partial charge on any atom is -0.478 e. The largest absolute Gasteiger partial charge is 0.478 e. The fourth-order valence-electron chi connectivity index (χ4n) is 3.64. The summed E-state index contributed by atoms with van der Waals surface area (Å²) in [5, 5.41) is 19.6. The predicted molar refractivity (Wildman–Crippen MR) is 138 cm³/mol. The molecule has 0 spiro atoms. The van der Waals surface area contributed by atoms with Gasteiger partial charge in [0, 0.05) is 33.4 Å². The topological polar surface area (TPSA) is 127 Å². The Morgan fingerprint density at radius 3 is 1.32 bits per heavy atom. The van der Waals surface area contributed by atoms with Crippen molar-refractivity contribution in [3.8, 4) is 0 Å². The quantitative estimate of drug-likeness (QED) is 0.272. The Morgan fingerprint density at radius 1 is 0.647 bits per heavy atom. The summed E-state index contributed by atoms with van der Waals surface area (Å²) in [5.74, 6) is -1.09. The molecule has 0 fully saturated rings. The van der Waals surface area contributed by atoms with Crippen LogP contribution >= 0.6 is 23.5 Å². The summed E-state index contributed by atoms with van der Waals surface area (Å²) in [5.41, 5.74) is 13.8. The molecule has 8 heteroatoms. The summed E-state index contributed by atoms with van der Waals surface area (Å²) < 4.78 is 0. The van der Waals surface area contributed by atoms with Crippen molar-refractivity contribution in [2.45, 2.75) is 34.7 Å². The van der Waals surface area contributed by atoms with Gasteiger partial charge in [-0.1, -0.05) is 36.4 Å². The second kappa shape index (κ2) is 12.6. The second-order valence-corrected chi connectivity index (χ2v) is 10.1. The lowest BCUT2D eigenvalue weighted by molar-refractivity contribution is 0.0679. The van der Waals surface area contributed by atoms with Crippen molar-refractivity contribution in [1.82, 2.24) is 0 Å². The van der Waals surface area contributed by atoms with E-state index in [4.69, 9.17) is 11.5 Å². The first-order valence-corrected chi connectivity index (χ1v) is 12.8. The molecule has 2 atom stereocenters. The molecule has 0 heterocycles. The maximum atomic E-state index is 12.0. The average Bonchev–Trinajstić information content (AvgIpc) is 2.83. The summed E-state index contributed by atoms with van der Waals surface area (Å²) in [4.78, 5) is 26.1. The van der Waals surface area contributed by atoms with Crippen LogP contribution in [0, 0.1) is 0 Å². The summed E-state index contributed by atoms with van der Waals surface area (Å²) in [7, 11) is 0. The van der Waals surface area contributed by atoms with Gasteiger partial charge in [-0.05, 0) is 60.4 Å². The molecule has 0 saturated heterocycles. The highest BCUT2D eigenvalue weighted by Crippen LogP contribution is 2.26. The van der Waals surface area contributed by atoms with Gasteiger partial charge in [0.15, 0.2) is 0 Å². The van der Waals surface area contributed by atoms with Crippen LogP contribution < -0.4 is 11.5 Å². The van der Waals surface area contributed by atoms with E-state index >= 15 is 0 Å². The fraction of sp³-hybridized carbons (Fsp3) is 0.231. The Morgan fingerprint density at radius 2 is 1.00 bits per heavy atom. The molecule has 0 aliphatic rings. The molecule has 0 radical (unpaired) electrons. The Labute approximate surface area is 207 Å². The van der Waals surface area contributed by atoms with E-state index in [-0.39, 0.29) is 36.1 Å². The lowest BCUT2D eigenvalue weighted by Crippen LogP contribution is -2.31. The summed E-state index contributed by atoms with van der Waals surface area (Å²) >= 11 is 3.16. The van der Waals surface area contributed by atoms with Crippen LogP contribution in [0.25, 0.3) is 0 Å². The van der Waals surface area contributed by atoms with E-state index in [0.717, 1.165) is 9.79 Å². The lowest BCUT2D eigenvalue weighted by Gasteiger charge is -2.21. The van der Waals surface area contributed by atoms with Gasteiger partial charge in [-0.3, -0.25) is 0 Å². The molecule has 0 aliphatic carbocycles. The molecule has 34 heavy (non-hydrogen) atoms. The predicted octanol–water partition coefficient (Wildman–Crippen LogP) is 4.41. The molecule has 3 aromatic rings. The molecule has 3 rings (SSSR count). The highest BCUT2D eigenvalue weighted by Gasteiger charge is 2.24. The molecule has 178 valence electrons. The maximum absolute atomic E-state index is 12.0. The first kappa shape index (κ1) is 25.8. The highest BCUT2D eigenvalue weighted by molar-refractivity contribution is 7.99. The zero-order valence-electron chi connectivity index (χ0n) is 18.6. The first-order valence-electron chi connectivity index (χ1n) is 10.8. The molecule has 6 N–H and O–H groups in total. The number of carboxylic acids is 2. The van der Waals surface area contributed by atoms with E-state index in [1.807, 2.05) is 60.7 Å². The third-order valence-corrected chi connectivity index (χ3v) is 7.64. The number of hydrogen-bond donors (Lipinski definition) is 4. The SMILES string of the molecule is NC(CSc1ccccc1)Cc1c(C(=O)O)ccc(C(=O)O)c1CC(N)CSc1ccccc1. The van der Waals surface area contributed by atoms with E-state index in [2.05, 4.69) is 0 Å². The van der Waals surface area contributed by atoms with Crippen LogP contribution in [0.5, 0.6) is 0 Å². The highest BCUT2D eigenvalue weighted by atomic mass is 32.2. The van der Waals surface area contributed by atoms with E-state index < -0.39 is 11.9 Å². The zero-order chi connectivity index (χ0) is 24.5. The molecule has 6 nitrogen and oxygen atoms in total. The molecule has 0 amide bonds. The molecular formula is C26H28N2O4S2. The minimum absolute atomic E-state index is 0.0723. The molecule has 3 aromatic carbocycles. The number of nitrogens with two attached hydrogens (primary N) is 2. The van der Waals surface area contributed by atoms with E-state index in [9.17, 15) is 19.8 Å². The van der Waals surface area contributed by atoms with Crippen molar-refractivity contribution in [2.24, 2.45) is 11.5 Å². The van der Waals surface area contributed by atoms with Crippen molar-refractivity contribution in [2.75, 3.05) is 11.5 Å². The van der Waals surface area contributed by atoms with Crippen LogP contribution in [0.15, 0.2) is 82.6 Å². The van der Waals surface area contributed by atoms with E-state index in [0.29, 0.717) is 22.6 Å². The van der Waals surface area contributed by atoms with Crippen molar-refractivity contribution >= 4 is 35.5 Å². The van der Waals surface area contributed by atoms with Crippen LogP contribution in [-0.4, -0.2) is 45.7 Å². The molecule has 0 saturated carbocycles. The van der Waals surface area contributed by atoms with E-state index in [1.165, 1.54) is 12.1 Å². The number of hydrogen-bond acceptors (Lipinski definition) is 6. The van der Waals surface area contributed by atoms with Gasteiger partial charge in [-0.25, -0.2) is 9.59 Å². The number of aromatic carboxylic acids is 2. The van der Waals surface area contributed by atoms with Crippen LogP contribution in [0.1, 0.15) is 31.8 Å². The van der Waals surface area contributed by atoms with Crippen LogP contribution in [-0.2, 0) is 12.8 Å². The number of carboxylic acid groups (broad SMARTS) is 2. The summed E-state index contributed by atoms with van der Waals surface area (Å²) in [6.45, 7) is 0. The van der Waals surface area contributed by atoms with Crippen LogP contribution in [0.3, 0.4) is 0 Å². The van der Waals surface area contributed by atoms with Gasteiger partial charge < -0.3 is 21.7 Å². The number of benzene rings is 3. The van der Waals surface area contributed by atoms with Crippen molar-refractivity contribution in [1.29, 1.82) is 0 Å². The fourth-order valence-corrected chi connectivity index (χ4v) is 5.39. The molecule has 0 aromatic heterocycles. The van der Waals surface area contributed by atoms with Gasteiger partial charge in [-0.15, -0.1) is 23.5 Å². The van der Waals surface area contributed by atoms with E-state index in [1.54, 1.807) is 23.5 Å². The van der Waals surface area contributed by atoms with Crippen molar-refractivity contribution in [3.63, 3.8) is 0 Å². The Bertz CT molecular complexity index is 1020. The van der Waals surface area contributed by atoms with Crippen molar-refractivity contribution < 1.29 is 19.8 Å². The third kappa shape index (κ3) is 7.36. The smallest absolute Gasteiger partial charge is 0.335 e. The number of thioether (sulfide) groups is 2. The molecular weight excluding hydrogens is 468 g/mol. The molecule has 0 aliphatic heterocycles. The summed E-state index contributed by atoms with van der Waals surface area (Å²) in [6.07, 6.45) is 0.493. The minimum atomic E-state index is -1.11. The van der Waals surface area contributed by atoms with Gasteiger partial charge in [-0.2, -0.15) is 0 Å². The van der Waals surface area contributed by atoms with Crippen molar-refractivity contribution in [3.05, 3.63) is 95.1 Å². The second-order valence-electron chi connectivity index (χ2n) is 7.90. The summed E-state index contributed by atoms with van der Waals surface area (Å²) in [6, 6.07) is 21.6. The average molecular weight is 497 g/mol. The molecule has 0 bridgehead atoms. The van der Waals surface area contributed by atoms with Gasteiger partial charge in [0.1, 0.15) is 0 Å². The van der Waals surface area contributed by atoms with Crippen LogP contribution in [0.4, 0.5) is 0 Å². The Hall–Kier alpha value is -2.78. The van der Waals surface area contributed by atoms with Gasteiger partial charge in [0.2, 0.25) is 0 Å². The Kier molecular flexibility index (Phi) is 9.59. The van der Waals surface area contributed by atoms with Gasteiger partial charge in [0.25, 0.3) is 0 Å². The normalized spacial score (nSPS) is 12.8. The van der Waals surface area contributed by atoms with Gasteiger partial charge in [0.05, 0.1) is 11.1 Å². The number of rotatable bonds is 12.